The lowest BCUT2D eigenvalue weighted by atomic mass is 10.0. The van der Waals surface area contributed by atoms with Crippen LogP contribution in [-0.4, -0.2) is 25.3 Å². The molecule has 1 aliphatic heterocycles. The maximum atomic E-state index is 11.6. The third-order valence-electron chi connectivity index (χ3n) is 3.34. The van der Waals surface area contributed by atoms with Crippen LogP contribution in [0.2, 0.25) is 0 Å². The highest BCUT2D eigenvalue weighted by molar-refractivity contribution is 8.02. The van der Waals surface area contributed by atoms with Crippen molar-refractivity contribution in [1.82, 2.24) is 0 Å². The van der Waals surface area contributed by atoms with Crippen LogP contribution >= 0.6 is 11.8 Å². The molecule has 0 saturated heterocycles. The molecule has 5 heteroatoms. The Labute approximate surface area is 112 Å². The zero-order valence-electron chi connectivity index (χ0n) is 10.9. The van der Waals surface area contributed by atoms with E-state index in [1.165, 1.54) is 11.8 Å². The summed E-state index contributed by atoms with van der Waals surface area (Å²) >= 11 is 1.50. The van der Waals surface area contributed by atoms with Crippen molar-refractivity contribution < 1.29 is 9.90 Å². The highest BCUT2D eigenvalue weighted by Gasteiger charge is 2.32. The number of rotatable bonds is 2. The molecular formula is C13H16BNO2S. The number of fused-ring (bicyclic) bond motifs is 1. The van der Waals surface area contributed by atoms with Crippen LogP contribution in [0.4, 0.5) is 10.5 Å². The number of hydrogen-bond donors (Lipinski definition) is 1. The molecule has 1 atom stereocenters. The topological polar surface area (TPSA) is 40.5 Å². The standard InChI is InChI=1S/C13H16BNO2S/c1-4-18-12-8(3)10(16)5-9-11(12)7(2)6-15(9)13(14)17/h4-5,7,16H,1,6,14H2,2-3H3. The predicted octanol–water partition coefficient (Wildman–Crippen LogP) is 2.61. The second kappa shape index (κ2) is 4.73. The number of benzene rings is 1. The molecule has 3 nitrogen and oxygen atoms in total. The third-order valence-corrected chi connectivity index (χ3v) is 4.27. The van der Waals surface area contributed by atoms with E-state index >= 15 is 0 Å². The number of aromatic hydroxyl groups is 1. The van der Waals surface area contributed by atoms with Gasteiger partial charge in [0.25, 0.3) is 0 Å². The van der Waals surface area contributed by atoms with Crippen molar-refractivity contribution in [2.75, 3.05) is 11.4 Å². The smallest absolute Gasteiger partial charge is 0.216 e. The van der Waals surface area contributed by atoms with Gasteiger partial charge >= 0.3 is 0 Å². The third kappa shape index (κ3) is 1.92. The van der Waals surface area contributed by atoms with Crippen molar-refractivity contribution in [1.29, 1.82) is 0 Å². The van der Waals surface area contributed by atoms with Crippen molar-refractivity contribution in [3.8, 4) is 5.75 Å². The van der Waals surface area contributed by atoms with Gasteiger partial charge in [0.15, 0.2) is 5.81 Å². The van der Waals surface area contributed by atoms with Crippen LogP contribution in [0.5, 0.6) is 5.75 Å². The van der Waals surface area contributed by atoms with E-state index in [-0.39, 0.29) is 17.5 Å². The lowest BCUT2D eigenvalue weighted by molar-refractivity contribution is 0.264. The van der Waals surface area contributed by atoms with Gasteiger partial charge in [0.05, 0.1) is 5.69 Å². The summed E-state index contributed by atoms with van der Waals surface area (Å²) in [7, 11) is 1.55. The van der Waals surface area contributed by atoms with Gasteiger partial charge in [-0.25, -0.2) is 0 Å². The molecule has 0 aromatic heterocycles. The molecule has 2 rings (SSSR count). The monoisotopic (exact) mass is 261 g/mol. The van der Waals surface area contributed by atoms with Crippen LogP contribution in [0.1, 0.15) is 24.0 Å². The fourth-order valence-electron chi connectivity index (χ4n) is 2.45. The molecule has 1 aromatic rings. The van der Waals surface area contributed by atoms with Crippen LogP contribution in [0.3, 0.4) is 0 Å². The molecule has 1 heterocycles. The summed E-state index contributed by atoms with van der Waals surface area (Å²) in [5.41, 5.74) is 2.84. The minimum Gasteiger partial charge on any atom is -0.508 e. The molecule has 1 N–H and O–H groups in total. The maximum Gasteiger partial charge on any atom is 0.216 e. The predicted molar refractivity (Wildman–Crippen MR) is 78.6 cm³/mol. The number of phenolic OH excluding ortho intramolecular Hbond substituents is 1. The van der Waals surface area contributed by atoms with Crippen molar-refractivity contribution in [2.24, 2.45) is 0 Å². The number of thioether (sulfide) groups is 1. The first-order chi connectivity index (χ1) is 8.47. The molecule has 0 radical (unpaired) electrons. The van der Waals surface area contributed by atoms with Crippen LogP contribution in [0.25, 0.3) is 0 Å². The van der Waals surface area contributed by atoms with Gasteiger partial charge in [0.1, 0.15) is 5.75 Å². The molecule has 0 bridgehead atoms. The Morgan fingerprint density at radius 3 is 2.94 bits per heavy atom. The summed E-state index contributed by atoms with van der Waals surface area (Å²) < 4.78 is 0. The lowest BCUT2D eigenvalue weighted by Crippen LogP contribution is -2.27. The highest BCUT2D eigenvalue weighted by Crippen LogP contribution is 2.46. The second-order valence-corrected chi connectivity index (χ2v) is 5.58. The molecule has 18 heavy (non-hydrogen) atoms. The molecule has 0 saturated carbocycles. The average Bonchev–Trinajstić information content (AvgIpc) is 2.62. The van der Waals surface area contributed by atoms with E-state index in [2.05, 4.69) is 13.5 Å². The van der Waals surface area contributed by atoms with E-state index in [0.717, 1.165) is 21.7 Å². The maximum absolute atomic E-state index is 11.6. The molecule has 0 aliphatic carbocycles. The first kappa shape index (κ1) is 13.1. The van der Waals surface area contributed by atoms with Gasteiger partial charge in [-0.15, -0.1) is 0 Å². The molecule has 94 valence electrons. The number of amides is 1. The van der Waals surface area contributed by atoms with E-state index in [4.69, 9.17) is 0 Å². The minimum atomic E-state index is 0.0124. The van der Waals surface area contributed by atoms with Crippen molar-refractivity contribution in [3.05, 3.63) is 29.2 Å². The van der Waals surface area contributed by atoms with Crippen LogP contribution in [-0.2, 0) is 0 Å². The van der Waals surface area contributed by atoms with Crippen molar-refractivity contribution in [2.45, 2.75) is 24.7 Å². The summed E-state index contributed by atoms with van der Waals surface area (Å²) in [6.07, 6.45) is 0. The number of carbonyl (C=O) groups excluding carboxylic acids is 1. The van der Waals surface area contributed by atoms with Crippen LogP contribution in [0.15, 0.2) is 22.9 Å². The van der Waals surface area contributed by atoms with Crippen LogP contribution in [0, 0.1) is 6.92 Å². The van der Waals surface area contributed by atoms with Crippen molar-refractivity contribution >= 4 is 31.1 Å². The van der Waals surface area contributed by atoms with Gasteiger partial charge in [-0.2, -0.15) is 0 Å². The van der Waals surface area contributed by atoms with Gasteiger partial charge in [-0.05, 0) is 17.9 Å². The number of carbonyl (C=O) groups is 1. The van der Waals surface area contributed by atoms with E-state index in [9.17, 15) is 9.90 Å². The zero-order chi connectivity index (χ0) is 13.4. The number of hydrogen-bond acceptors (Lipinski definition) is 3. The van der Waals surface area contributed by atoms with Gasteiger partial charge in [-0.1, -0.05) is 25.3 Å². The van der Waals surface area contributed by atoms with Crippen molar-refractivity contribution in [3.63, 3.8) is 0 Å². The Bertz CT molecular complexity index is 530. The van der Waals surface area contributed by atoms with Gasteiger partial charge in [-0.3, -0.25) is 4.79 Å². The Morgan fingerprint density at radius 2 is 2.39 bits per heavy atom. The van der Waals surface area contributed by atoms with E-state index in [0.29, 0.717) is 6.54 Å². The minimum absolute atomic E-state index is 0.0124. The van der Waals surface area contributed by atoms with E-state index in [1.54, 1.807) is 24.2 Å². The Balaban J connectivity index is 2.67. The zero-order valence-corrected chi connectivity index (χ0v) is 11.7. The first-order valence-electron chi connectivity index (χ1n) is 5.89. The second-order valence-electron chi connectivity index (χ2n) is 4.60. The lowest BCUT2D eigenvalue weighted by Gasteiger charge is -2.17. The Kier molecular flexibility index (Phi) is 3.44. The number of anilines is 1. The summed E-state index contributed by atoms with van der Waals surface area (Å²) in [4.78, 5) is 14.4. The van der Waals surface area contributed by atoms with E-state index in [1.807, 2.05) is 6.92 Å². The highest BCUT2D eigenvalue weighted by atomic mass is 32.2. The molecule has 1 unspecified atom stereocenters. The first-order valence-corrected chi connectivity index (χ1v) is 6.77. The molecule has 0 fully saturated rings. The van der Waals surface area contributed by atoms with Gasteiger partial charge < -0.3 is 10.0 Å². The number of phenols is 1. The summed E-state index contributed by atoms with van der Waals surface area (Å²) in [6.45, 7) is 8.41. The molecule has 1 amide bonds. The fourth-order valence-corrected chi connectivity index (χ4v) is 3.33. The van der Waals surface area contributed by atoms with Gasteiger partial charge in [0.2, 0.25) is 7.85 Å². The quantitative estimate of drug-likeness (QED) is 0.657. The van der Waals surface area contributed by atoms with Gasteiger partial charge in [0, 0.05) is 29.0 Å². The molecular weight excluding hydrogens is 245 g/mol. The largest absolute Gasteiger partial charge is 0.508 e. The normalized spacial score (nSPS) is 17.7. The SMILES string of the molecule is BC(=O)N1CC(C)c2c1cc(O)c(C)c2SC=C. The summed E-state index contributed by atoms with van der Waals surface area (Å²) in [6, 6.07) is 1.70. The Hall–Kier alpha value is -1.36. The number of nitrogens with zero attached hydrogens (tertiary/aromatic N) is 1. The average molecular weight is 261 g/mol. The summed E-state index contributed by atoms with van der Waals surface area (Å²) in [5, 5.41) is 11.7. The molecule has 1 aliphatic rings. The Morgan fingerprint density at radius 1 is 1.72 bits per heavy atom. The molecule has 0 spiro atoms. The van der Waals surface area contributed by atoms with E-state index < -0.39 is 0 Å². The summed E-state index contributed by atoms with van der Waals surface area (Å²) in [5.74, 6) is 0.530. The van der Waals surface area contributed by atoms with Crippen LogP contribution < -0.4 is 4.90 Å². The fraction of sp³-hybridized carbons (Fsp3) is 0.308. The molecule has 1 aromatic carbocycles.